The van der Waals surface area contributed by atoms with Crippen molar-refractivity contribution in [2.45, 2.75) is 12.7 Å². The van der Waals surface area contributed by atoms with E-state index in [9.17, 15) is 22.4 Å². The van der Waals surface area contributed by atoms with Gasteiger partial charge in [-0.3, -0.25) is 4.79 Å². The molecule has 0 spiro atoms. The summed E-state index contributed by atoms with van der Waals surface area (Å²) in [4.78, 5) is 16.9. The molecule has 3 heterocycles. The maximum atomic E-state index is 14.3. The van der Waals surface area contributed by atoms with Crippen LogP contribution < -0.4 is 4.90 Å². The highest BCUT2D eigenvalue weighted by molar-refractivity contribution is 5.97. The minimum absolute atomic E-state index is 0.168. The zero-order valence-corrected chi connectivity index (χ0v) is 18.1. The first kappa shape index (κ1) is 22.1. The molecule has 5 rings (SSSR count). The lowest BCUT2D eigenvalue weighted by atomic mass is 10.1. The molecular formula is C25H21F4N3O2. The van der Waals surface area contributed by atoms with Crippen LogP contribution in [0.1, 0.15) is 21.6 Å². The molecule has 1 fully saturated rings. The van der Waals surface area contributed by atoms with Crippen molar-refractivity contribution in [3.63, 3.8) is 0 Å². The lowest BCUT2D eigenvalue weighted by molar-refractivity contribution is -0.137. The van der Waals surface area contributed by atoms with Gasteiger partial charge < -0.3 is 18.8 Å². The van der Waals surface area contributed by atoms with Crippen LogP contribution in [0, 0.1) is 5.82 Å². The molecule has 176 valence electrons. The van der Waals surface area contributed by atoms with Crippen LogP contribution in [0.2, 0.25) is 0 Å². The van der Waals surface area contributed by atoms with Crippen molar-refractivity contribution < 1.29 is 26.8 Å². The van der Waals surface area contributed by atoms with Crippen LogP contribution in [0.4, 0.5) is 23.2 Å². The monoisotopic (exact) mass is 471 g/mol. The molecule has 1 aliphatic rings. The Balaban J connectivity index is 1.35. The zero-order chi connectivity index (χ0) is 23.9. The number of anilines is 1. The fourth-order valence-corrected chi connectivity index (χ4v) is 4.33. The van der Waals surface area contributed by atoms with Crippen LogP contribution in [0.15, 0.2) is 71.3 Å². The molecule has 2 aromatic carbocycles. The van der Waals surface area contributed by atoms with Crippen LogP contribution in [0.3, 0.4) is 0 Å². The predicted molar refractivity (Wildman–Crippen MR) is 119 cm³/mol. The highest BCUT2D eigenvalue weighted by Crippen LogP contribution is 2.32. The number of benzene rings is 2. The number of carbonyl (C=O) groups excluding carboxylic acids is 1. The Morgan fingerprint density at radius 3 is 2.44 bits per heavy atom. The number of hydrogen-bond donors (Lipinski definition) is 0. The van der Waals surface area contributed by atoms with E-state index in [1.54, 1.807) is 45.9 Å². The van der Waals surface area contributed by atoms with Gasteiger partial charge >= 0.3 is 6.18 Å². The van der Waals surface area contributed by atoms with Crippen LogP contribution in [-0.2, 0) is 12.7 Å². The number of amides is 1. The number of halogens is 4. The number of aromatic nitrogens is 1. The van der Waals surface area contributed by atoms with Gasteiger partial charge in [-0.15, -0.1) is 0 Å². The van der Waals surface area contributed by atoms with Gasteiger partial charge in [0.25, 0.3) is 5.91 Å². The molecule has 0 aliphatic carbocycles. The van der Waals surface area contributed by atoms with E-state index in [0.717, 1.165) is 12.1 Å². The van der Waals surface area contributed by atoms with Crippen molar-refractivity contribution in [3.8, 4) is 0 Å². The lowest BCUT2D eigenvalue weighted by Crippen LogP contribution is -2.49. The van der Waals surface area contributed by atoms with E-state index in [1.165, 1.54) is 18.4 Å². The van der Waals surface area contributed by atoms with Gasteiger partial charge in [0.05, 0.1) is 23.9 Å². The lowest BCUT2D eigenvalue weighted by Gasteiger charge is -2.36. The summed E-state index contributed by atoms with van der Waals surface area (Å²) in [7, 11) is 0. The van der Waals surface area contributed by atoms with Crippen molar-refractivity contribution in [2.75, 3.05) is 31.1 Å². The van der Waals surface area contributed by atoms with Gasteiger partial charge in [0, 0.05) is 49.6 Å². The minimum atomic E-state index is -4.41. The van der Waals surface area contributed by atoms with Gasteiger partial charge in [-0.1, -0.05) is 24.3 Å². The van der Waals surface area contributed by atoms with Crippen molar-refractivity contribution >= 4 is 22.7 Å². The molecule has 0 N–H and O–H groups in total. The molecule has 9 heteroatoms. The number of alkyl halides is 3. The Morgan fingerprint density at radius 1 is 0.941 bits per heavy atom. The van der Waals surface area contributed by atoms with Gasteiger partial charge in [-0.25, -0.2) is 4.39 Å². The van der Waals surface area contributed by atoms with Crippen molar-refractivity contribution in [1.29, 1.82) is 0 Å². The number of nitrogens with zero attached hydrogens (tertiary/aromatic N) is 3. The van der Waals surface area contributed by atoms with E-state index >= 15 is 0 Å². The normalized spacial score (nSPS) is 14.7. The maximum Gasteiger partial charge on any atom is 0.416 e. The SMILES string of the molecule is O=C(c1cc2occc2n1Cc1ccccc1F)N1CCN(c2cccc(C(F)(F)F)c2)CC1. The van der Waals surface area contributed by atoms with Crippen molar-refractivity contribution in [3.05, 3.63) is 89.6 Å². The fourth-order valence-electron chi connectivity index (χ4n) is 4.33. The molecule has 2 aromatic heterocycles. The van der Waals surface area contributed by atoms with E-state index < -0.39 is 11.7 Å². The Morgan fingerprint density at radius 2 is 1.71 bits per heavy atom. The molecule has 5 nitrogen and oxygen atoms in total. The van der Waals surface area contributed by atoms with Crippen LogP contribution >= 0.6 is 0 Å². The molecule has 34 heavy (non-hydrogen) atoms. The fraction of sp³-hybridized carbons (Fsp3) is 0.240. The van der Waals surface area contributed by atoms with Crippen LogP contribution in [0.5, 0.6) is 0 Å². The Labute approximate surface area is 192 Å². The summed E-state index contributed by atoms with van der Waals surface area (Å²) >= 11 is 0. The molecular weight excluding hydrogens is 450 g/mol. The van der Waals surface area contributed by atoms with E-state index in [1.807, 2.05) is 4.90 Å². The van der Waals surface area contributed by atoms with Crippen LogP contribution in [0.25, 0.3) is 11.1 Å². The molecule has 0 bridgehead atoms. The van der Waals surface area contributed by atoms with Gasteiger partial charge in [0.15, 0.2) is 5.58 Å². The third-order valence-electron chi connectivity index (χ3n) is 6.13. The van der Waals surface area contributed by atoms with Gasteiger partial charge in [0.2, 0.25) is 0 Å². The van der Waals surface area contributed by atoms with Gasteiger partial charge in [-0.05, 0) is 24.3 Å². The standard InChI is InChI=1S/C25H21F4N3O2/c26-20-7-2-1-4-17(20)16-32-21-8-13-34-23(21)15-22(32)24(33)31-11-9-30(10-12-31)19-6-3-5-18(14-19)25(27,28)29/h1-8,13-15H,9-12,16H2. The molecule has 0 saturated carbocycles. The largest absolute Gasteiger partial charge is 0.463 e. The molecule has 1 amide bonds. The predicted octanol–water partition coefficient (Wildman–Crippen LogP) is 5.40. The topological polar surface area (TPSA) is 41.6 Å². The number of fused-ring (bicyclic) bond motifs is 1. The quantitative estimate of drug-likeness (QED) is 0.374. The molecule has 4 aromatic rings. The number of rotatable bonds is 4. The van der Waals surface area contributed by atoms with E-state index in [0.29, 0.717) is 54.2 Å². The summed E-state index contributed by atoms with van der Waals surface area (Å²) in [5, 5.41) is 0. The first-order valence-electron chi connectivity index (χ1n) is 10.8. The van der Waals surface area contributed by atoms with Gasteiger partial charge in [-0.2, -0.15) is 13.2 Å². The number of carbonyl (C=O) groups is 1. The molecule has 1 aliphatic heterocycles. The first-order chi connectivity index (χ1) is 16.3. The average molecular weight is 471 g/mol. The third-order valence-corrected chi connectivity index (χ3v) is 6.13. The van der Waals surface area contributed by atoms with E-state index in [4.69, 9.17) is 4.42 Å². The summed E-state index contributed by atoms with van der Waals surface area (Å²) in [6.45, 7) is 1.66. The smallest absolute Gasteiger partial charge is 0.416 e. The highest BCUT2D eigenvalue weighted by Gasteiger charge is 2.32. The second-order valence-corrected chi connectivity index (χ2v) is 8.20. The van der Waals surface area contributed by atoms with E-state index in [2.05, 4.69) is 0 Å². The molecule has 0 atom stereocenters. The molecule has 0 radical (unpaired) electrons. The zero-order valence-electron chi connectivity index (χ0n) is 18.1. The minimum Gasteiger partial charge on any atom is -0.463 e. The van der Waals surface area contributed by atoms with Crippen LogP contribution in [-0.4, -0.2) is 41.6 Å². The number of furan rings is 1. The summed E-state index contributed by atoms with van der Waals surface area (Å²) in [6.07, 6.45) is -2.89. The van der Waals surface area contributed by atoms with Crippen molar-refractivity contribution in [2.24, 2.45) is 0 Å². The molecule has 0 unspecified atom stereocenters. The Kier molecular flexibility index (Phi) is 5.55. The second-order valence-electron chi connectivity index (χ2n) is 8.20. The Hall–Kier alpha value is -3.75. The highest BCUT2D eigenvalue weighted by atomic mass is 19.4. The summed E-state index contributed by atoms with van der Waals surface area (Å²) in [5.41, 5.74) is 1.82. The first-order valence-corrected chi connectivity index (χ1v) is 10.8. The van der Waals surface area contributed by atoms with Crippen molar-refractivity contribution in [1.82, 2.24) is 9.47 Å². The third kappa shape index (κ3) is 4.13. The summed E-state index contributed by atoms with van der Waals surface area (Å²) in [6, 6.07) is 15.0. The summed E-state index contributed by atoms with van der Waals surface area (Å²) < 4.78 is 60.7. The number of hydrogen-bond acceptors (Lipinski definition) is 3. The Bertz CT molecular complexity index is 1330. The number of piperazine rings is 1. The van der Waals surface area contributed by atoms with Gasteiger partial charge in [0.1, 0.15) is 11.5 Å². The second kappa shape index (κ2) is 8.55. The van der Waals surface area contributed by atoms with E-state index in [-0.39, 0.29) is 18.3 Å². The average Bonchev–Trinajstić information content (AvgIpc) is 3.42. The summed E-state index contributed by atoms with van der Waals surface area (Å²) in [5.74, 6) is -0.590. The molecule has 1 saturated heterocycles. The maximum absolute atomic E-state index is 14.3.